The molecule has 0 aromatic carbocycles. The zero-order valence-electron chi connectivity index (χ0n) is 12.2. The van der Waals surface area contributed by atoms with Gasteiger partial charge in [0.1, 0.15) is 11.8 Å². The largest absolute Gasteiger partial charge is 0.480 e. The Morgan fingerprint density at radius 2 is 2.29 bits per heavy atom. The van der Waals surface area contributed by atoms with Crippen molar-refractivity contribution in [1.82, 2.24) is 15.2 Å². The highest BCUT2D eigenvalue weighted by molar-refractivity contribution is 5.82. The van der Waals surface area contributed by atoms with E-state index < -0.39 is 12.0 Å². The highest BCUT2D eigenvalue weighted by Gasteiger charge is 2.30. The molecule has 1 aliphatic rings. The average Bonchev–Trinajstić information content (AvgIpc) is 2.78. The molecule has 1 unspecified atom stereocenters. The third-order valence-corrected chi connectivity index (χ3v) is 3.64. The molecule has 1 aromatic rings. The summed E-state index contributed by atoms with van der Waals surface area (Å²) < 4.78 is 5.41. The fourth-order valence-corrected chi connectivity index (χ4v) is 2.45. The smallest absolute Gasteiger partial charge is 0.326 e. The molecule has 116 valence electrons. The van der Waals surface area contributed by atoms with Crippen molar-refractivity contribution in [3.8, 4) is 0 Å². The number of hydrogen-bond acceptors (Lipinski definition) is 4. The molecule has 0 radical (unpaired) electrons. The molecule has 1 fully saturated rings. The highest BCUT2D eigenvalue weighted by Crippen LogP contribution is 2.17. The van der Waals surface area contributed by atoms with Gasteiger partial charge in [0.2, 0.25) is 5.89 Å². The molecule has 2 amide bonds. The first kappa shape index (κ1) is 15.3. The lowest BCUT2D eigenvalue weighted by molar-refractivity contribution is -0.142. The number of rotatable bonds is 4. The number of aromatic nitrogens is 1. The highest BCUT2D eigenvalue weighted by atomic mass is 16.4. The number of aliphatic carboxylic acids is 1. The number of nitrogens with one attached hydrogen (secondary N) is 1. The van der Waals surface area contributed by atoms with Crippen molar-refractivity contribution in [2.45, 2.75) is 51.6 Å². The topological polar surface area (TPSA) is 95.7 Å². The van der Waals surface area contributed by atoms with Crippen LogP contribution in [-0.4, -0.2) is 39.6 Å². The van der Waals surface area contributed by atoms with Crippen LogP contribution in [0, 0.1) is 0 Å². The Bertz CT molecular complexity index is 500. The SMILES string of the molecule is CCc1cnc(CNC(=O)N2CCCCCC2C(=O)O)o1. The Balaban J connectivity index is 1.95. The van der Waals surface area contributed by atoms with Gasteiger partial charge in [0.05, 0.1) is 12.7 Å². The van der Waals surface area contributed by atoms with E-state index in [1.807, 2.05) is 6.92 Å². The molecule has 0 spiro atoms. The second kappa shape index (κ2) is 7.10. The summed E-state index contributed by atoms with van der Waals surface area (Å²) in [6.45, 7) is 2.59. The molecule has 7 nitrogen and oxygen atoms in total. The Morgan fingerprint density at radius 3 is 2.95 bits per heavy atom. The van der Waals surface area contributed by atoms with Crippen LogP contribution in [0.15, 0.2) is 10.6 Å². The number of urea groups is 1. The van der Waals surface area contributed by atoms with Gasteiger partial charge in [0.15, 0.2) is 0 Å². The van der Waals surface area contributed by atoms with Crippen LogP contribution in [0.3, 0.4) is 0 Å². The zero-order chi connectivity index (χ0) is 15.2. The number of hydrogen-bond donors (Lipinski definition) is 2. The monoisotopic (exact) mass is 295 g/mol. The van der Waals surface area contributed by atoms with Crippen LogP contribution in [-0.2, 0) is 17.8 Å². The lowest BCUT2D eigenvalue weighted by Gasteiger charge is -2.26. The molecule has 7 heteroatoms. The molecule has 2 heterocycles. The maximum absolute atomic E-state index is 12.2. The van der Waals surface area contributed by atoms with Gasteiger partial charge in [-0.05, 0) is 12.8 Å². The molecule has 1 aliphatic heterocycles. The van der Waals surface area contributed by atoms with Crippen LogP contribution >= 0.6 is 0 Å². The number of carbonyl (C=O) groups is 2. The van der Waals surface area contributed by atoms with Crippen molar-refractivity contribution in [3.05, 3.63) is 17.8 Å². The summed E-state index contributed by atoms with van der Waals surface area (Å²) in [5.74, 6) is 0.246. The van der Waals surface area contributed by atoms with Crippen molar-refractivity contribution >= 4 is 12.0 Å². The Hall–Kier alpha value is -2.05. The maximum atomic E-state index is 12.2. The zero-order valence-corrected chi connectivity index (χ0v) is 12.2. The molecule has 2 N–H and O–H groups in total. The van der Waals surface area contributed by atoms with Gasteiger partial charge >= 0.3 is 12.0 Å². The second-order valence-corrected chi connectivity index (χ2v) is 5.13. The van der Waals surface area contributed by atoms with Gasteiger partial charge < -0.3 is 19.7 Å². The van der Waals surface area contributed by atoms with Gasteiger partial charge in [-0.1, -0.05) is 19.8 Å². The van der Waals surface area contributed by atoms with E-state index in [4.69, 9.17) is 4.42 Å². The molecular formula is C14H21N3O4. The fourth-order valence-electron chi connectivity index (χ4n) is 2.45. The summed E-state index contributed by atoms with van der Waals surface area (Å²) in [5.41, 5.74) is 0. The van der Waals surface area contributed by atoms with E-state index in [-0.39, 0.29) is 12.6 Å². The summed E-state index contributed by atoms with van der Waals surface area (Å²) >= 11 is 0. The minimum absolute atomic E-state index is 0.168. The molecule has 0 aliphatic carbocycles. The average molecular weight is 295 g/mol. The first-order valence-corrected chi connectivity index (χ1v) is 7.32. The van der Waals surface area contributed by atoms with Crippen LogP contribution < -0.4 is 5.32 Å². The molecule has 1 saturated heterocycles. The second-order valence-electron chi connectivity index (χ2n) is 5.13. The Labute approximate surface area is 123 Å². The normalized spacial score (nSPS) is 19.1. The number of carboxylic acid groups (broad SMARTS) is 1. The summed E-state index contributed by atoms with van der Waals surface area (Å²) in [7, 11) is 0. The predicted octanol–water partition coefficient (Wildman–Crippen LogP) is 1.78. The molecule has 0 saturated carbocycles. The Morgan fingerprint density at radius 1 is 1.48 bits per heavy atom. The summed E-state index contributed by atoms with van der Waals surface area (Å²) in [4.78, 5) is 28.9. The first-order chi connectivity index (χ1) is 10.1. The maximum Gasteiger partial charge on any atom is 0.326 e. The standard InChI is InChI=1S/C14H21N3O4/c1-2-10-8-15-12(21-10)9-16-14(20)17-7-5-3-4-6-11(17)13(18)19/h8,11H,2-7,9H2,1H3,(H,16,20)(H,18,19). The van der Waals surface area contributed by atoms with Crippen molar-refractivity contribution in [2.75, 3.05) is 6.54 Å². The number of carboxylic acids is 1. The summed E-state index contributed by atoms with van der Waals surface area (Å²) in [6, 6.07) is -1.12. The lowest BCUT2D eigenvalue weighted by atomic mass is 10.1. The van der Waals surface area contributed by atoms with Crippen LogP contribution in [0.4, 0.5) is 4.79 Å². The van der Waals surface area contributed by atoms with Gasteiger partial charge in [-0.2, -0.15) is 0 Å². The number of aryl methyl sites for hydroxylation is 1. The van der Waals surface area contributed by atoms with Gasteiger partial charge in [-0.25, -0.2) is 14.6 Å². The van der Waals surface area contributed by atoms with Gasteiger partial charge in [-0.3, -0.25) is 0 Å². The van der Waals surface area contributed by atoms with E-state index >= 15 is 0 Å². The van der Waals surface area contributed by atoms with E-state index in [1.54, 1.807) is 6.20 Å². The van der Waals surface area contributed by atoms with E-state index in [2.05, 4.69) is 10.3 Å². The van der Waals surface area contributed by atoms with Crippen molar-refractivity contribution in [2.24, 2.45) is 0 Å². The predicted molar refractivity (Wildman–Crippen MR) is 74.7 cm³/mol. The van der Waals surface area contributed by atoms with Crippen LogP contribution in [0.5, 0.6) is 0 Å². The van der Waals surface area contributed by atoms with Gasteiger partial charge in [0.25, 0.3) is 0 Å². The number of amides is 2. The van der Waals surface area contributed by atoms with E-state index in [9.17, 15) is 14.7 Å². The van der Waals surface area contributed by atoms with E-state index in [0.29, 0.717) is 18.9 Å². The van der Waals surface area contributed by atoms with Crippen LogP contribution in [0.25, 0.3) is 0 Å². The van der Waals surface area contributed by atoms with Crippen molar-refractivity contribution in [1.29, 1.82) is 0 Å². The van der Waals surface area contributed by atoms with Crippen LogP contribution in [0.1, 0.15) is 44.3 Å². The quantitative estimate of drug-likeness (QED) is 0.882. The molecule has 21 heavy (non-hydrogen) atoms. The number of oxazole rings is 1. The van der Waals surface area contributed by atoms with Gasteiger partial charge in [0, 0.05) is 13.0 Å². The summed E-state index contributed by atoms with van der Waals surface area (Å²) in [5, 5.41) is 11.9. The lowest BCUT2D eigenvalue weighted by Crippen LogP contribution is -2.49. The fraction of sp³-hybridized carbons (Fsp3) is 0.643. The minimum atomic E-state index is -0.948. The van der Waals surface area contributed by atoms with Crippen LogP contribution in [0.2, 0.25) is 0 Å². The number of nitrogens with zero attached hydrogens (tertiary/aromatic N) is 2. The van der Waals surface area contributed by atoms with E-state index in [0.717, 1.165) is 31.4 Å². The first-order valence-electron chi connectivity index (χ1n) is 7.32. The number of carbonyl (C=O) groups excluding carboxylic acids is 1. The minimum Gasteiger partial charge on any atom is -0.480 e. The molecule has 1 atom stereocenters. The Kier molecular flexibility index (Phi) is 5.19. The van der Waals surface area contributed by atoms with Crippen molar-refractivity contribution in [3.63, 3.8) is 0 Å². The third-order valence-electron chi connectivity index (χ3n) is 3.64. The number of likely N-dealkylation sites (tertiary alicyclic amines) is 1. The summed E-state index contributed by atoms with van der Waals surface area (Å²) in [6.07, 6.45) is 5.49. The third kappa shape index (κ3) is 3.96. The van der Waals surface area contributed by atoms with E-state index in [1.165, 1.54) is 4.90 Å². The van der Waals surface area contributed by atoms with Crippen molar-refractivity contribution < 1.29 is 19.1 Å². The van der Waals surface area contributed by atoms with Gasteiger partial charge in [-0.15, -0.1) is 0 Å². The molecular weight excluding hydrogens is 274 g/mol. The molecule has 1 aromatic heterocycles. The molecule has 0 bridgehead atoms. The molecule has 2 rings (SSSR count).